The first-order chi connectivity index (χ1) is 17.3. The van der Waals surface area contributed by atoms with Crippen molar-refractivity contribution in [3.05, 3.63) is 35.5 Å². The molecule has 1 aromatic heterocycles. The molecule has 2 aromatic rings. The van der Waals surface area contributed by atoms with Gasteiger partial charge in [-0.05, 0) is 50.8 Å². The van der Waals surface area contributed by atoms with E-state index in [9.17, 15) is 26.7 Å². The number of carbonyl (C=O) groups is 2. The molecular weight excluding hydrogens is 509 g/mol. The number of hydrogen-bond acceptors (Lipinski definition) is 8. The molecule has 1 fully saturated rings. The van der Waals surface area contributed by atoms with Crippen LogP contribution in [0.3, 0.4) is 0 Å². The first-order valence-electron chi connectivity index (χ1n) is 11.1. The van der Waals surface area contributed by atoms with Gasteiger partial charge >= 0.3 is 18.4 Å². The molecule has 1 aliphatic carbocycles. The molecule has 0 spiro atoms. The molecule has 0 atom stereocenters. The number of anilines is 2. The molecule has 0 unspecified atom stereocenters. The number of nitrogens with zero attached hydrogens (tertiary/aromatic N) is 2. The molecule has 4 N–H and O–H groups in total. The zero-order valence-corrected chi connectivity index (χ0v) is 19.7. The van der Waals surface area contributed by atoms with Gasteiger partial charge in [0, 0.05) is 36.5 Å². The summed E-state index contributed by atoms with van der Waals surface area (Å²) in [5.41, 5.74) is 1.23. The lowest BCUT2D eigenvalue weighted by molar-refractivity contribution is -0.286. The van der Waals surface area contributed by atoms with Gasteiger partial charge in [0.2, 0.25) is 5.95 Å². The SMILES string of the molecule is CNc1nc(NC2CCC(NC(=O)c3ccc4c(c3)OC(F)(F)O4)CC2)ncc1C.O=C(O)C(F)(F)F. The topological polar surface area (TPSA) is 135 Å². The predicted octanol–water partition coefficient (Wildman–Crippen LogP) is 3.93. The van der Waals surface area contributed by atoms with Gasteiger partial charge in [-0.2, -0.15) is 18.2 Å². The number of nitrogens with one attached hydrogen (secondary N) is 3. The molecule has 202 valence electrons. The van der Waals surface area contributed by atoms with Crippen LogP contribution >= 0.6 is 0 Å². The van der Waals surface area contributed by atoms with Crippen LogP contribution in [0.5, 0.6) is 11.5 Å². The number of aromatic nitrogens is 2. The summed E-state index contributed by atoms with van der Waals surface area (Å²) in [6, 6.07) is 4.26. The first kappa shape index (κ1) is 27.7. The van der Waals surface area contributed by atoms with Crippen molar-refractivity contribution in [1.29, 1.82) is 0 Å². The Kier molecular flexibility index (Phi) is 8.23. The summed E-state index contributed by atoms with van der Waals surface area (Å²) in [7, 11) is 1.82. The summed E-state index contributed by atoms with van der Waals surface area (Å²) in [6.07, 6.45) is -3.73. The minimum atomic E-state index is -5.08. The van der Waals surface area contributed by atoms with Crippen molar-refractivity contribution in [2.75, 3.05) is 17.7 Å². The Morgan fingerprint density at radius 2 is 1.68 bits per heavy atom. The van der Waals surface area contributed by atoms with E-state index >= 15 is 0 Å². The van der Waals surface area contributed by atoms with E-state index in [1.165, 1.54) is 18.2 Å². The van der Waals surface area contributed by atoms with Crippen LogP contribution in [0, 0.1) is 6.92 Å². The number of hydrogen-bond donors (Lipinski definition) is 4. The Bertz CT molecular complexity index is 1140. The molecule has 4 rings (SSSR count). The molecule has 2 aliphatic rings. The summed E-state index contributed by atoms with van der Waals surface area (Å²) >= 11 is 0. The number of rotatable bonds is 5. The number of benzene rings is 1. The number of alkyl halides is 5. The number of ether oxygens (including phenoxy) is 2. The van der Waals surface area contributed by atoms with Gasteiger partial charge in [-0.15, -0.1) is 8.78 Å². The summed E-state index contributed by atoms with van der Waals surface area (Å²) in [6.45, 7) is 1.94. The predicted molar refractivity (Wildman–Crippen MR) is 120 cm³/mol. The maximum absolute atomic E-state index is 13.1. The highest BCUT2D eigenvalue weighted by molar-refractivity contribution is 5.95. The zero-order valence-electron chi connectivity index (χ0n) is 19.7. The molecular formula is C22H24F5N5O5. The van der Waals surface area contributed by atoms with E-state index in [1.54, 1.807) is 6.20 Å². The smallest absolute Gasteiger partial charge is 0.475 e. The highest BCUT2D eigenvalue weighted by Crippen LogP contribution is 2.41. The third-order valence-corrected chi connectivity index (χ3v) is 5.51. The van der Waals surface area contributed by atoms with Crippen LogP contribution in [0.1, 0.15) is 41.6 Å². The van der Waals surface area contributed by atoms with Gasteiger partial charge < -0.3 is 30.5 Å². The van der Waals surface area contributed by atoms with Crippen LogP contribution in [-0.2, 0) is 4.79 Å². The van der Waals surface area contributed by atoms with Crippen LogP contribution in [0.25, 0.3) is 0 Å². The van der Waals surface area contributed by atoms with Crippen molar-refractivity contribution >= 4 is 23.6 Å². The Morgan fingerprint density at radius 3 is 2.27 bits per heavy atom. The average molecular weight is 533 g/mol. The van der Waals surface area contributed by atoms with Gasteiger partial charge in [0.05, 0.1) is 0 Å². The fourth-order valence-corrected chi connectivity index (χ4v) is 3.69. The average Bonchev–Trinajstić information content (AvgIpc) is 3.14. The van der Waals surface area contributed by atoms with Crippen LogP contribution in [0.2, 0.25) is 0 Å². The van der Waals surface area contributed by atoms with Crippen molar-refractivity contribution in [2.24, 2.45) is 0 Å². The molecule has 10 nitrogen and oxygen atoms in total. The first-order valence-corrected chi connectivity index (χ1v) is 11.1. The van der Waals surface area contributed by atoms with Gasteiger partial charge in [0.15, 0.2) is 11.5 Å². The number of carboxylic acid groups (broad SMARTS) is 1. The van der Waals surface area contributed by atoms with Gasteiger partial charge in [0.1, 0.15) is 5.82 Å². The van der Waals surface area contributed by atoms with Gasteiger partial charge in [-0.3, -0.25) is 4.79 Å². The van der Waals surface area contributed by atoms with Crippen LogP contribution in [0.15, 0.2) is 24.4 Å². The number of carboxylic acids is 1. The number of fused-ring (bicyclic) bond motifs is 1. The Morgan fingerprint density at radius 1 is 1.08 bits per heavy atom. The van der Waals surface area contributed by atoms with E-state index in [-0.39, 0.29) is 35.1 Å². The standard InChI is InChI=1S/C20H23F2N5O3.C2HF3O2/c1-11-10-24-19(27-17(11)23-2)26-14-6-4-13(5-7-14)25-18(28)12-3-8-15-16(9-12)30-20(21,22)29-15;3-2(4,5)1(6)7/h3,8-10,13-14H,4-7H2,1-2H3,(H,25,28)(H2,23,24,26,27);(H,6,7). The number of carbonyl (C=O) groups excluding carboxylic acids is 1. The lowest BCUT2D eigenvalue weighted by Crippen LogP contribution is -2.40. The summed E-state index contributed by atoms with van der Waals surface area (Å²) < 4.78 is 66.8. The summed E-state index contributed by atoms with van der Waals surface area (Å²) in [5, 5.41) is 16.5. The summed E-state index contributed by atoms with van der Waals surface area (Å²) in [5.74, 6) is -1.94. The highest BCUT2D eigenvalue weighted by Gasteiger charge is 2.43. The number of halogens is 5. The zero-order chi connectivity index (χ0) is 27.4. The Labute approximate surface area is 207 Å². The number of amides is 1. The lowest BCUT2D eigenvalue weighted by atomic mass is 9.91. The molecule has 37 heavy (non-hydrogen) atoms. The molecule has 1 aromatic carbocycles. The summed E-state index contributed by atoms with van der Waals surface area (Å²) in [4.78, 5) is 30.2. The third-order valence-electron chi connectivity index (χ3n) is 5.51. The molecule has 0 saturated heterocycles. The fraction of sp³-hybridized carbons (Fsp3) is 0.455. The van der Waals surface area contributed by atoms with E-state index < -0.39 is 18.4 Å². The second-order valence-corrected chi connectivity index (χ2v) is 8.27. The van der Waals surface area contributed by atoms with Gasteiger partial charge in [-0.1, -0.05) is 0 Å². The normalized spacial score (nSPS) is 19.8. The largest absolute Gasteiger partial charge is 0.586 e. The third kappa shape index (κ3) is 7.54. The second-order valence-electron chi connectivity index (χ2n) is 8.27. The molecule has 2 heterocycles. The van der Waals surface area contributed by atoms with Crippen LogP contribution < -0.4 is 25.4 Å². The van der Waals surface area contributed by atoms with Crippen LogP contribution in [-0.4, -0.2) is 58.6 Å². The van der Waals surface area contributed by atoms with E-state index in [0.717, 1.165) is 37.1 Å². The molecule has 1 amide bonds. The van der Waals surface area contributed by atoms with Crippen molar-refractivity contribution < 1.29 is 46.1 Å². The van der Waals surface area contributed by atoms with Crippen molar-refractivity contribution in [3.63, 3.8) is 0 Å². The molecule has 1 saturated carbocycles. The lowest BCUT2D eigenvalue weighted by Gasteiger charge is -2.29. The van der Waals surface area contributed by atoms with E-state index in [1.807, 2.05) is 14.0 Å². The second kappa shape index (κ2) is 11.0. The van der Waals surface area contributed by atoms with Crippen molar-refractivity contribution in [3.8, 4) is 11.5 Å². The number of aryl methyl sites for hydroxylation is 1. The van der Waals surface area contributed by atoms with Crippen LogP contribution in [0.4, 0.5) is 33.7 Å². The monoisotopic (exact) mass is 533 g/mol. The molecule has 15 heteroatoms. The van der Waals surface area contributed by atoms with E-state index in [2.05, 4.69) is 35.4 Å². The highest BCUT2D eigenvalue weighted by atomic mass is 19.4. The van der Waals surface area contributed by atoms with E-state index in [4.69, 9.17) is 9.90 Å². The van der Waals surface area contributed by atoms with Gasteiger partial charge in [0.25, 0.3) is 5.91 Å². The van der Waals surface area contributed by atoms with Crippen molar-refractivity contribution in [2.45, 2.75) is 57.2 Å². The fourth-order valence-electron chi connectivity index (χ4n) is 3.69. The molecule has 0 bridgehead atoms. The van der Waals surface area contributed by atoms with Gasteiger partial charge in [-0.25, -0.2) is 9.78 Å². The van der Waals surface area contributed by atoms with E-state index in [0.29, 0.717) is 5.95 Å². The maximum atomic E-state index is 13.1. The Hall–Kier alpha value is -3.91. The quantitative estimate of drug-likeness (QED) is 0.422. The number of aliphatic carboxylic acids is 1. The Balaban J connectivity index is 0.000000479. The van der Waals surface area contributed by atoms with Crippen molar-refractivity contribution in [1.82, 2.24) is 15.3 Å². The maximum Gasteiger partial charge on any atom is 0.586 e. The minimum absolute atomic E-state index is 0.00854. The minimum Gasteiger partial charge on any atom is -0.475 e. The molecule has 1 aliphatic heterocycles. The molecule has 0 radical (unpaired) electrons.